The highest BCUT2D eigenvalue weighted by molar-refractivity contribution is 7.16. The van der Waals surface area contributed by atoms with Gasteiger partial charge in [0.25, 0.3) is 0 Å². The fourth-order valence-electron chi connectivity index (χ4n) is 1.61. The van der Waals surface area contributed by atoms with Gasteiger partial charge in [-0.3, -0.25) is 0 Å². The smallest absolute Gasteiger partial charge is 0.185 e. The third-order valence-corrected chi connectivity index (χ3v) is 3.98. The first-order chi connectivity index (χ1) is 8.13. The average molecular weight is 274 g/mol. The molecule has 2 heterocycles. The Bertz CT molecular complexity index is 437. The molecule has 0 saturated carbocycles. The number of anilines is 1. The van der Waals surface area contributed by atoms with Gasteiger partial charge in [-0.2, -0.15) is 5.26 Å². The van der Waals surface area contributed by atoms with E-state index < -0.39 is 5.60 Å². The Morgan fingerprint density at radius 1 is 1.59 bits per heavy atom. The van der Waals surface area contributed by atoms with E-state index in [1.54, 1.807) is 0 Å². The molecule has 1 aromatic rings. The van der Waals surface area contributed by atoms with Crippen LogP contribution in [0.1, 0.15) is 17.7 Å². The normalized spacial score (nSPS) is 18.6. The van der Waals surface area contributed by atoms with E-state index in [0.717, 1.165) is 0 Å². The number of halogens is 1. The predicted molar refractivity (Wildman–Crippen MR) is 65.3 cm³/mol. The van der Waals surface area contributed by atoms with E-state index in [4.69, 9.17) is 21.6 Å². The first-order valence-corrected chi connectivity index (χ1v) is 6.43. The van der Waals surface area contributed by atoms with E-state index in [2.05, 4.69) is 10.3 Å². The third kappa shape index (κ3) is 3.07. The second-order valence-corrected chi connectivity index (χ2v) is 5.30. The molecule has 2 rings (SSSR count). The number of aromatic nitrogens is 1. The second-order valence-electron chi connectivity index (χ2n) is 3.94. The Labute approximate surface area is 108 Å². The molecular formula is C10H12ClN3O2S. The molecule has 1 aliphatic rings. The zero-order valence-electron chi connectivity index (χ0n) is 9.07. The molecule has 1 saturated heterocycles. The molecule has 92 valence electrons. The molecular weight excluding hydrogens is 262 g/mol. The van der Waals surface area contributed by atoms with E-state index in [-0.39, 0.29) is 5.15 Å². The summed E-state index contributed by atoms with van der Waals surface area (Å²) < 4.78 is 5.19. The Morgan fingerprint density at radius 3 is 2.88 bits per heavy atom. The van der Waals surface area contributed by atoms with Crippen LogP contribution in [0.25, 0.3) is 0 Å². The van der Waals surface area contributed by atoms with Gasteiger partial charge in [0.1, 0.15) is 10.9 Å². The van der Waals surface area contributed by atoms with E-state index in [0.29, 0.717) is 42.6 Å². The maximum absolute atomic E-state index is 10.2. The van der Waals surface area contributed by atoms with Crippen molar-refractivity contribution in [1.82, 2.24) is 4.98 Å². The quantitative estimate of drug-likeness (QED) is 0.875. The predicted octanol–water partition coefficient (Wildman–Crippen LogP) is 1.62. The number of ether oxygens (including phenoxy) is 1. The monoisotopic (exact) mass is 273 g/mol. The Kier molecular flexibility index (Phi) is 3.84. The van der Waals surface area contributed by atoms with Crippen molar-refractivity contribution in [1.29, 1.82) is 5.26 Å². The molecule has 0 spiro atoms. The molecule has 1 aromatic heterocycles. The minimum atomic E-state index is -0.761. The van der Waals surface area contributed by atoms with Crippen molar-refractivity contribution in [3.63, 3.8) is 0 Å². The first-order valence-electron chi connectivity index (χ1n) is 5.23. The number of nitrogens with one attached hydrogen (secondary N) is 1. The van der Waals surface area contributed by atoms with Crippen molar-refractivity contribution < 1.29 is 9.84 Å². The second kappa shape index (κ2) is 5.19. The number of hydrogen-bond acceptors (Lipinski definition) is 6. The van der Waals surface area contributed by atoms with Crippen LogP contribution in [0.4, 0.5) is 5.13 Å². The summed E-state index contributed by atoms with van der Waals surface area (Å²) in [6.07, 6.45) is 1.20. The Morgan fingerprint density at radius 2 is 2.29 bits per heavy atom. The van der Waals surface area contributed by atoms with E-state index in [1.807, 2.05) is 6.07 Å². The van der Waals surface area contributed by atoms with Crippen LogP contribution in [0.15, 0.2) is 0 Å². The number of nitrogens with zero attached hydrogens (tertiary/aromatic N) is 2. The zero-order valence-corrected chi connectivity index (χ0v) is 10.6. The van der Waals surface area contributed by atoms with Gasteiger partial charge in [0.15, 0.2) is 10.3 Å². The summed E-state index contributed by atoms with van der Waals surface area (Å²) in [4.78, 5) is 4.39. The van der Waals surface area contributed by atoms with Gasteiger partial charge in [0, 0.05) is 32.6 Å². The highest BCUT2D eigenvalue weighted by Crippen LogP contribution is 2.27. The molecule has 0 radical (unpaired) electrons. The van der Waals surface area contributed by atoms with Gasteiger partial charge in [-0.1, -0.05) is 22.9 Å². The summed E-state index contributed by atoms with van der Waals surface area (Å²) in [6, 6.07) is 1.96. The van der Waals surface area contributed by atoms with Crippen LogP contribution in [-0.2, 0) is 4.74 Å². The molecule has 1 fully saturated rings. The summed E-state index contributed by atoms with van der Waals surface area (Å²) in [5, 5.41) is 22.7. The molecule has 0 unspecified atom stereocenters. The van der Waals surface area contributed by atoms with Crippen molar-refractivity contribution in [2.75, 3.05) is 25.1 Å². The van der Waals surface area contributed by atoms with Crippen molar-refractivity contribution in [3.8, 4) is 6.07 Å². The van der Waals surface area contributed by atoms with Crippen LogP contribution in [0.3, 0.4) is 0 Å². The standard InChI is InChI=1S/C10H12ClN3O2S/c11-8-7(5-12)17-9(14-8)13-6-10(15)1-3-16-4-2-10/h15H,1-4,6H2,(H,13,14). The van der Waals surface area contributed by atoms with Gasteiger partial charge >= 0.3 is 0 Å². The molecule has 0 aromatic carbocycles. The van der Waals surface area contributed by atoms with Crippen LogP contribution in [-0.4, -0.2) is 35.5 Å². The summed E-state index contributed by atoms with van der Waals surface area (Å²) >= 11 is 6.94. The van der Waals surface area contributed by atoms with Gasteiger partial charge in [-0.15, -0.1) is 0 Å². The van der Waals surface area contributed by atoms with Gasteiger partial charge in [-0.25, -0.2) is 4.98 Å². The molecule has 5 nitrogen and oxygen atoms in total. The Balaban J connectivity index is 1.95. The van der Waals surface area contributed by atoms with Gasteiger partial charge in [-0.05, 0) is 0 Å². The largest absolute Gasteiger partial charge is 0.388 e. The fourth-order valence-corrected chi connectivity index (χ4v) is 2.56. The van der Waals surface area contributed by atoms with Crippen molar-refractivity contribution in [3.05, 3.63) is 10.0 Å². The zero-order chi connectivity index (χ0) is 12.3. The molecule has 0 atom stereocenters. The lowest BCUT2D eigenvalue weighted by Crippen LogP contribution is -2.42. The molecule has 0 bridgehead atoms. The molecule has 1 aliphatic heterocycles. The molecule has 2 N–H and O–H groups in total. The average Bonchev–Trinajstić information content (AvgIpc) is 2.68. The molecule has 17 heavy (non-hydrogen) atoms. The maximum atomic E-state index is 10.2. The fraction of sp³-hybridized carbons (Fsp3) is 0.600. The number of aliphatic hydroxyl groups is 1. The summed E-state index contributed by atoms with van der Waals surface area (Å²) in [7, 11) is 0. The van der Waals surface area contributed by atoms with Gasteiger partial charge in [0.2, 0.25) is 0 Å². The van der Waals surface area contributed by atoms with Crippen LogP contribution in [0, 0.1) is 11.3 Å². The minimum Gasteiger partial charge on any atom is -0.388 e. The summed E-state index contributed by atoms with van der Waals surface area (Å²) in [6.45, 7) is 1.53. The minimum absolute atomic E-state index is 0.207. The lowest BCUT2D eigenvalue weighted by molar-refractivity contribution is -0.0543. The Hall–Kier alpha value is -0.870. The topological polar surface area (TPSA) is 78.2 Å². The third-order valence-electron chi connectivity index (χ3n) is 2.68. The van der Waals surface area contributed by atoms with Crippen molar-refractivity contribution in [2.24, 2.45) is 0 Å². The lowest BCUT2D eigenvalue weighted by atomic mass is 9.95. The molecule has 0 aliphatic carbocycles. The van der Waals surface area contributed by atoms with Gasteiger partial charge < -0.3 is 15.2 Å². The maximum Gasteiger partial charge on any atom is 0.185 e. The van der Waals surface area contributed by atoms with Crippen molar-refractivity contribution >= 4 is 28.1 Å². The first kappa shape index (κ1) is 12.6. The van der Waals surface area contributed by atoms with Crippen LogP contribution >= 0.6 is 22.9 Å². The van der Waals surface area contributed by atoms with Crippen LogP contribution in [0.2, 0.25) is 5.15 Å². The number of rotatable bonds is 3. The van der Waals surface area contributed by atoms with Gasteiger partial charge in [0.05, 0.1) is 5.60 Å². The summed E-state index contributed by atoms with van der Waals surface area (Å²) in [5.74, 6) is 0. The molecule has 7 heteroatoms. The van der Waals surface area contributed by atoms with Crippen molar-refractivity contribution in [2.45, 2.75) is 18.4 Å². The number of thiazole rings is 1. The highest BCUT2D eigenvalue weighted by Gasteiger charge is 2.29. The highest BCUT2D eigenvalue weighted by atomic mass is 35.5. The van der Waals surface area contributed by atoms with E-state index >= 15 is 0 Å². The van der Waals surface area contributed by atoms with E-state index in [9.17, 15) is 5.11 Å². The molecule has 0 amide bonds. The lowest BCUT2D eigenvalue weighted by Gasteiger charge is -2.31. The SMILES string of the molecule is N#Cc1sc(NCC2(O)CCOCC2)nc1Cl. The number of hydrogen-bond donors (Lipinski definition) is 2. The van der Waals surface area contributed by atoms with Crippen LogP contribution < -0.4 is 5.32 Å². The van der Waals surface area contributed by atoms with E-state index in [1.165, 1.54) is 11.3 Å². The van der Waals surface area contributed by atoms with Crippen LogP contribution in [0.5, 0.6) is 0 Å². The summed E-state index contributed by atoms with van der Waals surface area (Å²) in [5.41, 5.74) is -0.761. The number of nitriles is 1.